The molecule has 0 bridgehead atoms. The van der Waals surface area contributed by atoms with Crippen LogP contribution in [-0.2, 0) is 20.7 Å². The molecule has 0 aliphatic carbocycles. The summed E-state index contributed by atoms with van der Waals surface area (Å²) in [5.41, 5.74) is 2.65. The van der Waals surface area contributed by atoms with Crippen LogP contribution in [0, 0.1) is 11.8 Å². The zero-order valence-corrected chi connectivity index (χ0v) is 21.3. The Kier molecular flexibility index (Phi) is 9.74. The van der Waals surface area contributed by atoms with Crippen LogP contribution >= 0.6 is 0 Å². The lowest BCUT2D eigenvalue weighted by molar-refractivity contribution is -0.164. The maximum Gasteiger partial charge on any atom is 0.309 e. The predicted octanol–water partition coefficient (Wildman–Crippen LogP) is 6.58. The predicted molar refractivity (Wildman–Crippen MR) is 138 cm³/mol. The monoisotopic (exact) mass is 476 g/mol. The lowest BCUT2D eigenvalue weighted by Crippen LogP contribution is -2.26. The highest BCUT2D eigenvalue weighted by molar-refractivity contribution is 5.73. The van der Waals surface area contributed by atoms with E-state index in [-0.39, 0.29) is 11.9 Å². The molecule has 0 fully saturated rings. The Balaban J connectivity index is 2.01. The van der Waals surface area contributed by atoms with E-state index in [1.165, 1.54) is 0 Å². The largest absolute Gasteiger partial charge is 0.496 e. The first-order valence-electron chi connectivity index (χ1n) is 12.1. The van der Waals surface area contributed by atoms with Gasteiger partial charge in [0.2, 0.25) is 0 Å². The summed E-state index contributed by atoms with van der Waals surface area (Å²) < 4.78 is 24.0. The van der Waals surface area contributed by atoms with Crippen molar-refractivity contribution in [2.45, 2.75) is 39.4 Å². The Hall–Kier alpha value is -3.31. The maximum absolute atomic E-state index is 13.4. The van der Waals surface area contributed by atoms with Crippen LogP contribution in [-0.4, -0.2) is 26.8 Å². The number of methoxy groups -OCH3 is 2. The Morgan fingerprint density at radius 2 is 1.23 bits per heavy atom. The van der Waals surface area contributed by atoms with Crippen molar-refractivity contribution in [3.8, 4) is 11.5 Å². The van der Waals surface area contributed by atoms with Crippen molar-refractivity contribution in [2.75, 3.05) is 20.8 Å². The summed E-state index contributed by atoms with van der Waals surface area (Å²) in [4.78, 5) is 13.4. The van der Waals surface area contributed by atoms with Crippen molar-refractivity contribution in [3.05, 3.63) is 95.6 Å². The first-order valence-corrected chi connectivity index (χ1v) is 12.1. The molecule has 186 valence electrons. The van der Waals surface area contributed by atoms with Gasteiger partial charge in [-0.05, 0) is 30.0 Å². The average molecular weight is 477 g/mol. The molecule has 3 rings (SSSR count). The number of hydrogen-bond acceptors (Lipinski definition) is 5. The number of para-hydroxylation sites is 2. The van der Waals surface area contributed by atoms with Gasteiger partial charge in [0.1, 0.15) is 17.6 Å². The van der Waals surface area contributed by atoms with E-state index in [0.29, 0.717) is 30.4 Å². The number of carbonyl (C=O) groups excluding carboxylic acids is 1. The van der Waals surface area contributed by atoms with Crippen LogP contribution in [0.4, 0.5) is 0 Å². The molecule has 3 aromatic carbocycles. The van der Waals surface area contributed by atoms with E-state index in [0.717, 1.165) is 16.7 Å². The van der Waals surface area contributed by atoms with Gasteiger partial charge >= 0.3 is 5.97 Å². The van der Waals surface area contributed by atoms with Crippen molar-refractivity contribution >= 4 is 5.97 Å². The fraction of sp³-hybridized carbons (Fsp3) is 0.367. The highest BCUT2D eigenvalue weighted by Gasteiger charge is 2.34. The van der Waals surface area contributed by atoms with Gasteiger partial charge in [-0.3, -0.25) is 4.79 Å². The quantitative estimate of drug-likeness (QED) is 0.276. The van der Waals surface area contributed by atoms with Crippen LogP contribution in [0.25, 0.3) is 0 Å². The summed E-state index contributed by atoms with van der Waals surface area (Å²) in [7, 11) is 3.24. The number of rotatable bonds is 12. The lowest BCUT2D eigenvalue weighted by Gasteiger charge is -2.31. The second-order valence-electron chi connectivity index (χ2n) is 9.08. The second-order valence-corrected chi connectivity index (χ2v) is 9.08. The summed E-state index contributed by atoms with van der Waals surface area (Å²) in [6.07, 6.45) is -0.727. The minimum Gasteiger partial charge on any atom is -0.496 e. The fourth-order valence-corrected chi connectivity index (χ4v) is 4.02. The molecule has 0 amide bonds. The summed E-state index contributed by atoms with van der Waals surface area (Å²) >= 11 is 0. The number of hydrogen-bond donors (Lipinski definition) is 0. The van der Waals surface area contributed by atoms with Gasteiger partial charge in [0.05, 0.1) is 20.1 Å². The molecular weight excluding hydrogens is 440 g/mol. The summed E-state index contributed by atoms with van der Waals surface area (Å²) in [6.45, 7) is 6.56. The van der Waals surface area contributed by atoms with Gasteiger partial charge in [-0.1, -0.05) is 87.5 Å². The second kappa shape index (κ2) is 13.0. The van der Waals surface area contributed by atoms with Gasteiger partial charge in [0.15, 0.2) is 6.10 Å². The van der Waals surface area contributed by atoms with Crippen LogP contribution in [0.15, 0.2) is 78.9 Å². The Morgan fingerprint density at radius 1 is 0.714 bits per heavy atom. The molecule has 1 unspecified atom stereocenters. The molecule has 0 aliphatic heterocycles. The highest BCUT2D eigenvalue weighted by Crippen LogP contribution is 2.43. The summed E-state index contributed by atoms with van der Waals surface area (Å²) in [6, 6.07) is 25.2. The van der Waals surface area contributed by atoms with E-state index in [1.807, 2.05) is 85.8 Å². The maximum atomic E-state index is 13.4. The Labute approximate surface area is 209 Å². The molecule has 0 N–H and O–H groups in total. The molecule has 0 saturated carbocycles. The first-order chi connectivity index (χ1) is 16.9. The highest BCUT2D eigenvalue weighted by atomic mass is 16.6. The van der Waals surface area contributed by atoms with Crippen molar-refractivity contribution in [1.29, 1.82) is 0 Å². The third-order valence-corrected chi connectivity index (χ3v) is 5.81. The molecule has 0 aromatic heterocycles. The molecule has 0 aliphatic rings. The average Bonchev–Trinajstić information content (AvgIpc) is 2.88. The molecule has 5 nitrogen and oxygen atoms in total. The van der Waals surface area contributed by atoms with Crippen molar-refractivity contribution in [2.24, 2.45) is 11.8 Å². The smallest absolute Gasteiger partial charge is 0.309 e. The molecule has 0 spiro atoms. The normalized spacial score (nSPS) is 13.7. The topological polar surface area (TPSA) is 54.0 Å². The van der Waals surface area contributed by atoms with Crippen LogP contribution in [0.1, 0.15) is 49.7 Å². The van der Waals surface area contributed by atoms with Gasteiger partial charge in [-0.2, -0.15) is 0 Å². The minimum atomic E-state index is -0.730. The van der Waals surface area contributed by atoms with E-state index in [9.17, 15) is 4.79 Å². The number of benzene rings is 3. The van der Waals surface area contributed by atoms with Gasteiger partial charge in [0, 0.05) is 17.7 Å². The molecule has 5 heteroatoms. The first kappa shape index (κ1) is 26.3. The molecule has 3 aromatic rings. The van der Waals surface area contributed by atoms with Crippen molar-refractivity contribution in [1.82, 2.24) is 0 Å². The molecule has 35 heavy (non-hydrogen) atoms. The van der Waals surface area contributed by atoms with Gasteiger partial charge in [-0.15, -0.1) is 0 Å². The van der Waals surface area contributed by atoms with Crippen LogP contribution in [0.3, 0.4) is 0 Å². The van der Waals surface area contributed by atoms with Gasteiger partial charge in [-0.25, -0.2) is 0 Å². The van der Waals surface area contributed by atoms with Crippen molar-refractivity contribution < 1.29 is 23.7 Å². The molecule has 3 atom stereocenters. The molecule has 0 heterocycles. The van der Waals surface area contributed by atoms with Crippen LogP contribution < -0.4 is 9.47 Å². The van der Waals surface area contributed by atoms with E-state index in [4.69, 9.17) is 18.9 Å². The summed E-state index contributed by atoms with van der Waals surface area (Å²) in [5.74, 6) is 0.970. The molecule has 0 radical (unpaired) electrons. The van der Waals surface area contributed by atoms with E-state index in [1.54, 1.807) is 14.2 Å². The van der Waals surface area contributed by atoms with Gasteiger partial charge in [0.25, 0.3) is 0 Å². The minimum absolute atomic E-state index is 0.290. The van der Waals surface area contributed by atoms with Crippen molar-refractivity contribution in [3.63, 3.8) is 0 Å². The fourth-order valence-electron chi connectivity index (χ4n) is 4.02. The number of ether oxygens (including phenoxy) is 4. The molecular formula is C30H36O5. The van der Waals surface area contributed by atoms with Gasteiger partial charge < -0.3 is 18.9 Å². The van der Waals surface area contributed by atoms with E-state index < -0.39 is 12.2 Å². The Bertz CT molecular complexity index is 1060. The lowest BCUT2D eigenvalue weighted by atomic mass is 9.95. The summed E-state index contributed by atoms with van der Waals surface area (Å²) in [5, 5.41) is 0. The SMILES string of the molecule is COc1ccccc1[C@@H](OC(=O)C(C)Cc1ccccc1)[C@@H](OCC(C)C)c1ccccc1OC. The standard InChI is InChI=1S/C30H36O5/c1-21(2)20-34-28(24-15-9-11-17-26(24)32-4)29(25-16-10-12-18-27(25)33-5)35-30(31)22(3)19-23-13-7-6-8-14-23/h6-18,21-22,28-29H,19-20H2,1-5H3/t22?,28-,29+/m0/s1. The van der Waals surface area contributed by atoms with E-state index in [2.05, 4.69) is 13.8 Å². The van der Waals surface area contributed by atoms with E-state index >= 15 is 0 Å². The zero-order valence-electron chi connectivity index (χ0n) is 21.3. The Morgan fingerprint density at radius 3 is 1.77 bits per heavy atom. The zero-order chi connectivity index (χ0) is 25.2. The third-order valence-electron chi connectivity index (χ3n) is 5.81. The number of carbonyl (C=O) groups is 1. The molecule has 0 saturated heterocycles. The third kappa shape index (κ3) is 7.09. The number of esters is 1. The van der Waals surface area contributed by atoms with Crippen LogP contribution in [0.2, 0.25) is 0 Å². The van der Waals surface area contributed by atoms with Crippen LogP contribution in [0.5, 0.6) is 11.5 Å².